The summed E-state index contributed by atoms with van der Waals surface area (Å²) in [6.45, 7) is -0.0385. The van der Waals surface area contributed by atoms with Crippen LogP contribution in [0.5, 0.6) is 0 Å². The lowest BCUT2D eigenvalue weighted by Gasteiger charge is -2.33. The van der Waals surface area contributed by atoms with Crippen LogP contribution < -0.4 is 9.62 Å². The summed E-state index contributed by atoms with van der Waals surface area (Å²) in [7, 11) is -5.53. The van der Waals surface area contributed by atoms with E-state index < -0.39 is 33.1 Å². The third-order valence-corrected chi connectivity index (χ3v) is 4.77. The van der Waals surface area contributed by atoms with Gasteiger partial charge in [-0.25, -0.2) is 8.78 Å². The molecule has 2 aromatic rings. The highest BCUT2D eigenvalue weighted by atomic mass is 32.2. The standard InChI is InChI=1S/C15H9F5N2O3S/c16-11-5-10-13(6-12(11)17)22(14(10)23)7-8-1-3-9(4-2-8)21-26(24,25)15(18,19)20/h1-6,21H,7H2. The number of halogens is 5. The number of anilines is 2. The summed E-state index contributed by atoms with van der Waals surface area (Å²) in [4.78, 5) is 13.1. The van der Waals surface area contributed by atoms with E-state index in [2.05, 4.69) is 0 Å². The smallest absolute Gasteiger partial charge is 0.303 e. The Morgan fingerprint density at radius 1 is 1.00 bits per heavy atom. The van der Waals surface area contributed by atoms with Crippen molar-refractivity contribution in [1.29, 1.82) is 0 Å². The van der Waals surface area contributed by atoms with Gasteiger partial charge >= 0.3 is 15.5 Å². The normalized spacial score (nSPS) is 14.0. The minimum atomic E-state index is -5.53. The fourth-order valence-electron chi connectivity index (χ4n) is 2.36. The number of hydrogen-bond donors (Lipinski definition) is 1. The number of hydrogen-bond acceptors (Lipinski definition) is 3. The van der Waals surface area contributed by atoms with Crippen LogP contribution in [0, 0.1) is 11.6 Å². The van der Waals surface area contributed by atoms with Crippen LogP contribution in [-0.4, -0.2) is 19.8 Å². The summed E-state index contributed by atoms with van der Waals surface area (Å²) in [5, 5.41) is 0. The molecule has 2 aromatic carbocycles. The Morgan fingerprint density at radius 2 is 1.58 bits per heavy atom. The predicted molar refractivity (Wildman–Crippen MR) is 81.9 cm³/mol. The van der Waals surface area contributed by atoms with E-state index in [1.807, 2.05) is 0 Å². The van der Waals surface area contributed by atoms with Gasteiger partial charge in [0.25, 0.3) is 5.91 Å². The van der Waals surface area contributed by atoms with Gasteiger partial charge in [0.1, 0.15) is 0 Å². The summed E-state index contributed by atoms with van der Waals surface area (Å²) in [5.41, 5.74) is -5.09. The van der Waals surface area contributed by atoms with E-state index in [0.717, 1.165) is 29.2 Å². The lowest BCUT2D eigenvalue weighted by Crippen LogP contribution is -2.40. The van der Waals surface area contributed by atoms with Gasteiger partial charge in [-0.1, -0.05) is 12.1 Å². The Bertz CT molecular complexity index is 988. The third kappa shape index (κ3) is 3.09. The number of carbonyl (C=O) groups excluding carboxylic acids is 1. The van der Waals surface area contributed by atoms with Crippen LogP contribution in [0.4, 0.5) is 33.3 Å². The second-order valence-electron chi connectivity index (χ2n) is 5.42. The molecule has 0 aliphatic carbocycles. The first kappa shape index (κ1) is 18.1. The first-order valence-electron chi connectivity index (χ1n) is 6.98. The summed E-state index contributed by atoms with van der Waals surface area (Å²) >= 11 is 0. The minimum Gasteiger partial charge on any atom is -0.303 e. The van der Waals surface area contributed by atoms with Gasteiger partial charge in [-0.2, -0.15) is 21.6 Å². The largest absolute Gasteiger partial charge is 0.516 e. The van der Waals surface area contributed by atoms with Gasteiger partial charge in [-0.05, 0) is 23.8 Å². The van der Waals surface area contributed by atoms with Crippen LogP contribution in [0.25, 0.3) is 0 Å². The number of sulfonamides is 1. The average Bonchev–Trinajstić information content (AvgIpc) is 2.55. The van der Waals surface area contributed by atoms with Gasteiger partial charge in [-0.3, -0.25) is 9.52 Å². The maximum Gasteiger partial charge on any atom is 0.516 e. The molecular formula is C15H9F5N2O3S. The Hall–Kier alpha value is -2.69. The molecule has 5 nitrogen and oxygen atoms in total. The van der Waals surface area contributed by atoms with Gasteiger partial charge in [0.05, 0.1) is 17.8 Å². The lowest BCUT2D eigenvalue weighted by molar-refractivity contribution is -0.0429. The molecule has 1 aliphatic heterocycles. The number of nitrogens with one attached hydrogen (secondary N) is 1. The molecule has 11 heteroatoms. The van der Waals surface area contributed by atoms with Crippen molar-refractivity contribution in [1.82, 2.24) is 0 Å². The molecule has 0 spiro atoms. The summed E-state index contributed by atoms with van der Waals surface area (Å²) < 4.78 is 86.8. The predicted octanol–water partition coefficient (Wildman–Crippen LogP) is 3.39. The first-order chi connectivity index (χ1) is 12.0. The first-order valence-corrected chi connectivity index (χ1v) is 8.47. The quantitative estimate of drug-likeness (QED) is 0.812. The number of benzene rings is 2. The lowest BCUT2D eigenvalue weighted by atomic mass is 10.0. The van der Waals surface area contributed by atoms with E-state index in [9.17, 15) is 35.2 Å². The molecule has 0 radical (unpaired) electrons. The molecule has 1 heterocycles. The van der Waals surface area contributed by atoms with Crippen LogP contribution in [0.3, 0.4) is 0 Å². The van der Waals surface area contributed by atoms with Crippen molar-refractivity contribution >= 4 is 27.3 Å². The average molecular weight is 392 g/mol. The van der Waals surface area contributed by atoms with Gasteiger partial charge in [0.2, 0.25) is 0 Å². The Kier molecular flexibility index (Phi) is 4.14. The molecular weight excluding hydrogens is 383 g/mol. The molecule has 0 unspecified atom stereocenters. The molecule has 0 bridgehead atoms. The zero-order valence-corrected chi connectivity index (χ0v) is 13.5. The van der Waals surface area contributed by atoms with Crippen molar-refractivity contribution in [2.75, 3.05) is 9.62 Å². The van der Waals surface area contributed by atoms with Gasteiger partial charge in [0.15, 0.2) is 11.6 Å². The Labute approximate surface area is 144 Å². The van der Waals surface area contributed by atoms with E-state index in [-0.39, 0.29) is 23.5 Å². The molecule has 0 fully saturated rings. The number of rotatable bonds is 4. The van der Waals surface area contributed by atoms with Crippen molar-refractivity contribution in [3.05, 3.63) is 59.2 Å². The second-order valence-corrected chi connectivity index (χ2v) is 7.10. The summed E-state index contributed by atoms with van der Waals surface area (Å²) in [6, 6.07) is 6.46. The van der Waals surface area contributed by atoms with E-state index in [0.29, 0.717) is 5.56 Å². The summed E-state index contributed by atoms with van der Waals surface area (Å²) in [5.74, 6) is -2.78. The van der Waals surface area contributed by atoms with Crippen molar-refractivity contribution in [2.24, 2.45) is 0 Å². The minimum absolute atomic E-state index is 0.0263. The monoisotopic (exact) mass is 392 g/mol. The molecule has 0 saturated carbocycles. The Morgan fingerprint density at radius 3 is 2.15 bits per heavy atom. The molecule has 138 valence electrons. The number of amides is 1. The van der Waals surface area contributed by atoms with Gasteiger partial charge in [-0.15, -0.1) is 0 Å². The second kappa shape index (κ2) is 5.94. The SMILES string of the molecule is O=C1c2cc(F)c(F)cc2N1Cc1ccc(NS(=O)(=O)C(F)(F)F)cc1. The maximum atomic E-state index is 13.3. The highest BCUT2D eigenvalue weighted by Crippen LogP contribution is 2.35. The summed E-state index contributed by atoms with van der Waals surface area (Å²) in [6.07, 6.45) is 0. The fraction of sp³-hybridized carbons (Fsp3) is 0.133. The number of fused-ring (bicyclic) bond motifs is 1. The highest BCUT2D eigenvalue weighted by Gasteiger charge is 2.46. The molecule has 1 amide bonds. The van der Waals surface area contributed by atoms with Crippen molar-refractivity contribution in [3.63, 3.8) is 0 Å². The van der Waals surface area contributed by atoms with E-state index >= 15 is 0 Å². The van der Waals surface area contributed by atoms with E-state index in [1.54, 1.807) is 0 Å². The van der Waals surface area contributed by atoms with Crippen molar-refractivity contribution < 1.29 is 35.2 Å². The Balaban J connectivity index is 1.75. The molecule has 26 heavy (non-hydrogen) atoms. The van der Waals surface area contributed by atoms with Gasteiger partial charge < -0.3 is 4.90 Å². The number of nitrogens with zero attached hydrogens (tertiary/aromatic N) is 1. The van der Waals surface area contributed by atoms with Crippen LogP contribution >= 0.6 is 0 Å². The van der Waals surface area contributed by atoms with Crippen molar-refractivity contribution in [3.8, 4) is 0 Å². The molecule has 0 aromatic heterocycles. The van der Waals surface area contributed by atoms with Crippen LogP contribution in [0.2, 0.25) is 0 Å². The molecule has 0 saturated heterocycles. The molecule has 0 atom stereocenters. The van der Waals surface area contributed by atoms with E-state index in [4.69, 9.17) is 0 Å². The molecule has 3 rings (SSSR count). The zero-order valence-electron chi connectivity index (χ0n) is 12.6. The fourth-order valence-corrected chi connectivity index (χ4v) is 2.93. The highest BCUT2D eigenvalue weighted by molar-refractivity contribution is 7.93. The van der Waals surface area contributed by atoms with Crippen LogP contribution in [-0.2, 0) is 16.6 Å². The number of carbonyl (C=O) groups is 1. The molecule has 1 aliphatic rings. The number of alkyl halides is 3. The van der Waals surface area contributed by atoms with Gasteiger partial charge in [0, 0.05) is 11.8 Å². The zero-order chi connectivity index (χ0) is 19.3. The van der Waals surface area contributed by atoms with Crippen LogP contribution in [0.15, 0.2) is 36.4 Å². The third-order valence-electron chi connectivity index (χ3n) is 3.66. The molecule has 1 N–H and O–H groups in total. The van der Waals surface area contributed by atoms with Crippen molar-refractivity contribution in [2.45, 2.75) is 12.1 Å². The topological polar surface area (TPSA) is 66.5 Å². The van der Waals surface area contributed by atoms with E-state index in [1.165, 1.54) is 16.9 Å². The maximum absolute atomic E-state index is 13.3. The van der Waals surface area contributed by atoms with Crippen LogP contribution in [0.1, 0.15) is 15.9 Å².